The summed E-state index contributed by atoms with van der Waals surface area (Å²) in [7, 11) is 0. The molecule has 2 heterocycles. The number of aryl methyl sites for hydroxylation is 2. The van der Waals surface area contributed by atoms with E-state index in [1.54, 1.807) is 17.9 Å². The SMILES string of the molecule is Cc1cc(C(=O)N2CCC(c3ccc(NC(=O)CCCc4ccc(C(F)(F)F)cc4)cc3)CC2)cc(=O)[nH]1. The fourth-order valence-electron chi connectivity index (χ4n) is 4.78. The van der Waals surface area contributed by atoms with Gasteiger partial charge in [0.2, 0.25) is 11.5 Å². The second-order valence-corrected chi connectivity index (χ2v) is 9.70. The van der Waals surface area contributed by atoms with Crippen LogP contribution in [0.25, 0.3) is 0 Å². The number of likely N-dealkylation sites (tertiary alicyclic amines) is 1. The number of H-pyrrole nitrogens is 1. The van der Waals surface area contributed by atoms with Gasteiger partial charge in [-0.2, -0.15) is 13.2 Å². The Bertz CT molecular complexity index is 1320. The number of anilines is 1. The lowest BCUT2D eigenvalue weighted by atomic mass is 9.89. The summed E-state index contributed by atoms with van der Waals surface area (Å²) in [5, 5.41) is 2.87. The Kier molecular flexibility index (Phi) is 8.34. The fraction of sp³-hybridized carbons (Fsp3) is 0.345. The molecular weight excluding hydrogens is 495 g/mol. The molecule has 0 saturated carbocycles. The molecule has 1 aromatic heterocycles. The number of aromatic nitrogens is 1. The fourth-order valence-corrected chi connectivity index (χ4v) is 4.78. The van der Waals surface area contributed by atoms with Gasteiger partial charge < -0.3 is 15.2 Å². The van der Waals surface area contributed by atoms with E-state index in [0.29, 0.717) is 48.8 Å². The predicted molar refractivity (Wildman–Crippen MR) is 139 cm³/mol. The number of piperidine rings is 1. The molecule has 2 aromatic carbocycles. The van der Waals surface area contributed by atoms with E-state index in [1.807, 2.05) is 24.3 Å². The van der Waals surface area contributed by atoms with Crippen molar-refractivity contribution in [3.8, 4) is 0 Å². The third-order valence-corrected chi connectivity index (χ3v) is 6.82. The van der Waals surface area contributed by atoms with Crippen molar-refractivity contribution in [3.63, 3.8) is 0 Å². The van der Waals surface area contributed by atoms with Crippen LogP contribution < -0.4 is 10.9 Å². The van der Waals surface area contributed by atoms with Gasteiger partial charge in [-0.15, -0.1) is 0 Å². The molecule has 1 aliphatic rings. The molecule has 1 fully saturated rings. The van der Waals surface area contributed by atoms with E-state index in [-0.39, 0.29) is 23.8 Å². The van der Waals surface area contributed by atoms with Crippen LogP contribution in [-0.4, -0.2) is 34.8 Å². The summed E-state index contributed by atoms with van der Waals surface area (Å²) in [4.78, 5) is 41.2. The first-order valence-electron chi connectivity index (χ1n) is 12.6. The van der Waals surface area contributed by atoms with Crippen molar-refractivity contribution in [2.24, 2.45) is 0 Å². The Morgan fingerprint density at radius 1 is 1.00 bits per heavy atom. The highest BCUT2D eigenvalue weighted by atomic mass is 19.4. The number of benzene rings is 2. The monoisotopic (exact) mass is 525 g/mol. The van der Waals surface area contributed by atoms with E-state index >= 15 is 0 Å². The van der Waals surface area contributed by atoms with Gasteiger partial charge in [-0.05, 0) is 80.0 Å². The quantitative estimate of drug-likeness (QED) is 0.416. The molecule has 4 rings (SSSR count). The van der Waals surface area contributed by atoms with Gasteiger partial charge in [-0.25, -0.2) is 0 Å². The first-order chi connectivity index (χ1) is 18.1. The number of rotatable bonds is 7. The Morgan fingerprint density at radius 2 is 1.66 bits per heavy atom. The molecule has 0 aliphatic carbocycles. The van der Waals surface area contributed by atoms with Gasteiger partial charge in [0.05, 0.1) is 5.56 Å². The van der Waals surface area contributed by atoms with Gasteiger partial charge in [-0.1, -0.05) is 24.3 Å². The molecule has 38 heavy (non-hydrogen) atoms. The maximum atomic E-state index is 12.8. The largest absolute Gasteiger partial charge is 0.416 e. The van der Waals surface area contributed by atoms with Crippen molar-refractivity contribution >= 4 is 17.5 Å². The van der Waals surface area contributed by atoms with Crippen molar-refractivity contribution in [3.05, 3.63) is 99.0 Å². The molecule has 1 aliphatic heterocycles. The van der Waals surface area contributed by atoms with Crippen molar-refractivity contribution in [2.75, 3.05) is 18.4 Å². The summed E-state index contributed by atoms with van der Waals surface area (Å²) >= 11 is 0. The third kappa shape index (κ3) is 7.12. The van der Waals surface area contributed by atoms with Crippen LogP contribution in [0.2, 0.25) is 0 Å². The third-order valence-electron chi connectivity index (χ3n) is 6.82. The van der Waals surface area contributed by atoms with Gasteiger partial charge in [-0.3, -0.25) is 14.4 Å². The minimum Gasteiger partial charge on any atom is -0.339 e. The molecule has 0 spiro atoms. The lowest BCUT2D eigenvalue weighted by Crippen LogP contribution is -2.38. The molecule has 9 heteroatoms. The van der Waals surface area contributed by atoms with Crippen LogP contribution in [0.15, 0.2) is 65.5 Å². The van der Waals surface area contributed by atoms with Gasteiger partial charge in [0.1, 0.15) is 0 Å². The molecule has 0 unspecified atom stereocenters. The zero-order valence-corrected chi connectivity index (χ0v) is 21.1. The normalized spacial score (nSPS) is 14.4. The number of amides is 2. The van der Waals surface area contributed by atoms with E-state index in [0.717, 1.165) is 36.1 Å². The average Bonchev–Trinajstić information content (AvgIpc) is 2.88. The highest BCUT2D eigenvalue weighted by Crippen LogP contribution is 2.30. The van der Waals surface area contributed by atoms with Crippen LogP contribution in [-0.2, 0) is 17.4 Å². The standard InChI is InChI=1S/C29H30F3N3O3/c1-19-17-23(18-27(37)33-19)28(38)35-15-13-22(14-16-35)21-7-11-25(12-8-21)34-26(36)4-2-3-20-5-9-24(10-6-20)29(30,31)32/h5-12,17-18,22H,2-4,13-16H2,1H3,(H,33,37)(H,34,36). The number of hydrogen-bond acceptors (Lipinski definition) is 3. The van der Waals surface area contributed by atoms with Gasteiger partial charge in [0.15, 0.2) is 0 Å². The van der Waals surface area contributed by atoms with E-state index in [9.17, 15) is 27.6 Å². The molecule has 0 radical (unpaired) electrons. The summed E-state index contributed by atoms with van der Waals surface area (Å²) in [6, 6.07) is 15.7. The van der Waals surface area contributed by atoms with E-state index in [4.69, 9.17) is 0 Å². The maximum Gasteiger partial charge on any atom is 0.416 e. The molecule has 3 aromatic rings. The molecular formula is C29H30F3N3O3. The second kappa shape index (κ2) is 11.7. The second-order valence-electron chi connectivity index (χ2n) is 9.70. The predicted octanol–water partition coefficient (Wildman–Crippen LogP) is 5.68. The van der Waals surface area contributed by atoms with E-state index in [2.05, 4.69) is 10.3 Å². The average molecular weight is 526 g/mol. The first-order valence-corrected chi connectivity index (χ1v) is 12.6. The summed E-state index contributed by atoms with van der Waals surface area (Å²) < 4.78 is 38.0. The smallest absolute Gasteiger partial charge is 0.339 e. The van der Waals surface area contributed by atoms with Gasteiger partial charge in [0.25, 0.3) is 5.91 Å². The van der Waals surface area contributed by atoms with Crippen LogP contribution in [0, 0.1) is 6.92 Å². The molecule has 0 atom stereocenters. The van der Waals surface area contributed by atoms with Crippen LogP contribution in [0.5, 0.6) is 0 Å². The summed E-state index contributed by atoms with van der Waals surface area (Å²) in [5.74, 6) is 0.0222. The Labute approximate surface area is 218 Å². The zero-order chi connectivity index (χ0) is 27.3. The van der Waals surface area contributed by atoms with Gasteiger partial charge >= 0.3 is 6.18 Å². The van der Waals surface area contributed by atoms with Crippen LogP contribution in [0.4, 0.5) is 18.9 Å². The molecule has 0 bridgehead atoms. The summed E-state index contributed by atoms with van der Waals surface area (Å²) in [6.07, 6.45) is -1.42. The van der Waals surface area contributed by atoms with Crippen molar-refractivity contribution in [1.82, 2.24) is 9.88 Å². The van der Waals surface area contributed by atoms with Crippen LogP contribution >= 0.6 is 0 Å². The number of pyridine rings is 1. The molecule has 2 N–H and O–H groups in total. The zero-order valence-electron chi connectivity index (χ0n) is 21.1. The lowest BCUT2D eigenvalue weighted by molar-refractivity contribution is -0.137. The number of halogens is 3. The highest BCUT2D eigenvalue weighted by Gasteiger charge is 2.30. The van der Waals surface area contributed by atoms with Crippen molar-refractivity contribution in [1.29, 1.82) is 0 Å². The number of carbonyl (C=O) groups is 2. The summed E-state index contributed by atoms with van der Waals surface area (Å²) in [6.45, 7) is 2.96. The number of nitrogens with zero attached hydrogens (tertiary/aromatic N) is 1. The highest BCUT2D eigenvalue weighted by molar-refractivity contribution is 5.94. The molecule has 6 nitrogen and oxygen atoms in total. The van der Waals surface area contributed by atoms with Crippen LogP contribution in [0.1, 0.15) is 64.3 Å². The number of carbonyl (C=O) groups excluding carboxylic acids is 2. The van der Waals surface area contributed by atoms with Crippen molar-refractivity contribution < 1.29 is 22.8 Å². The van der Waals surface area contributed by atoms with E-state index in [1.165, 1.54) is 18.2 Å². The summed E-state index contributed by atoms with van der Waals surface area (Å²) in [5.41, 5.74) is 2.69. The van der Waals surface area contributed by atoms with E-state index < -0.39 is 11.7 Å². The molecule has 2 amide bonds. The Morgan fingerprint density at radius 3 is 2.26 bits per heavy atom. The van der Waals surface area contributed by atoms with Crippen LogP contribution in [0.3, 0.4) is 0 Å². The first kappa shape index (κ1) is 27.2. The molecule has 200 valence electrons. The number of alkyl halides is 3. The lowest BCUT2D eigenvalue weighted by Gasteiger charge is -2.32. The Hall–Kier alpha value is -3.88. The number of aromatic amines is 1. The van der Waals surface area contributed by atoms with Crippen molar-refractivity contribution in [2.45, 2.75) is 51.1 Å². The molecule has 1 saturated heterocycles. The topological polar surface area (TPSA) is 82.3 Å². The number of hydrogen-bond donors (Lipinski definition) is 2. The minimum atomic E-state index is -4.35. The minimum absolute atomic E-state index is 0.131. The van der Waals surface area contributed by atoms with Gasteiger partial charge in [0, 0.05) is 42.5 Å². The number of nitrogens with one attached hydrogen (secondary N) is 2. The maximum absolute atomic E-state index is 12.8. The Balaban J connectivity index is 1.22.